The Hall–Kier alpha value is -4.13. The van der Waals surface area contributed by atoms with Gasteiger partial charge in [0.25, 0.3) is 0 Å². The molecule has 4 N–H and O–H groups in total. The average Bonchev–Trinajstić information content (AvgIpc) is 2.77. The summed E-state index contributed by atoms with van der Waals surface area (Å²) in [6.45, 7) is 0.465. The maximum Gasteiger partial charge on any atom is 0.159 e. The molecule has 1 heterocycles. The summed E-state index contributed by atoms with van der Waals surface area (Å²) in [5.74, 6) is 2.22. The van der Waals surface area contributed by atoms with Crippen molar-refractivity contribution in [1.29, 1.82) is 0 Å². The van der Waals surface area contributed by atoms with Gasteiger partial charge in [0, 0.05) is 12.2 Å². The lowest BCUT2D eigenvalue weighted by molar-refractivity contribution is 0.483. The smallest absolute Gasteiger partial charge is 0.159 e. The zero-order valence-electron chi connectivity index (χ0n) is 16.0. The van der Waals surface area contributed by atoms with Crippen molar-refractivity contribution in [2.45, 2.75) is 6.54 Å². The highest BCUT2D eigenvalue weighted by Crippen LogP contribution is 2.28. The Morgan fingerprint density at radius 3 is 2.20 bits per heavy atom. The molecule has 150 valence electrons. The minimum atomic E-state index is -0.271. The fourth-order valence-electron chi connectivity index (χ4n) is 2.79. The van der Waals surface area contributed by atoms with E-state index in [9.17, 15) is 4.39 Å². The zero-order valence-corrected chi connectivity index (χ0v) is 16.0. The number of hydrogen-bond acceptors (Lipinski definition) is 6. The van der Waals surface area contributed by atoms with Crippen LogP contribution in [0.1, 0.15) is 5.56 Å². The fraction of sp³-hybridized carbons (Fsp3) is 0.0435. The van der Waals surface area contributed by atoms with E-state index in [2.05, 4.69) is 20.6 Å². The molecule has 4 rings (SSSR count). The third-order valence-electron chi connectivity index (χ3n) is 4.35. The number of nitrogen functional groups attached to an aromatic ring is 1. The summed E-state index contributed by atoms with van der Waals surface area (Å²) in [5.41, 5.74) is 8.33. The molecule has 0 spiro atoms. The van der Waals surface area contributed by atoms with Gasteiger partial charge in [0.15, 0.2) is 11.6 Å². The number of nitrogens with zero attached hydrogens (tertiary/aromatic N) is 2. The number of anilines is 4. The number of benzene rings is 3. The molecule has 0 bridgehead atoms. The van der Waals surface area contributed by atoms with Crippen LogP contribution < -0.4 is 21.1 Å². The van der Waals surface area contributed by atoms with Crippen LogP contribution in [-0.2, 0) is 6.54 Å². The van der Waals surface area contributed by atoms with Gasteiger partial charge in [-0.25, -0.2) is 14.4 Å². The monoisotopic (exact) mass is 401 g/mol. The summed E-state index contributed by atoms with van der Waals surface area (Å²) in [5, 5.41) is 6.34. The highest BCUT2D eigenvalue weighted by molar-refractivity contribution is 5.77. The predicted molar refractivity (Wildman–Crippen MR) is 116 cm³/mol. The Morgan fingerprint density at radius 1 is 0.800 bits per heavy atom. The standard InChI is InChI=1S/C23H20FN5O/c24-17-8-6-16(7-9-17)14-26-22-21(25)23(28-15-27-22)29-18-10-12-20(13-11-18)30-19-4-2-1-3-5-19/h1-13,15H,14,25H2,(H2,26,27,28,29). The molecule has 0 atom stereocenters. The SMILES string of the molecule is Nc1c(NCc2ccc(F)cc2)ncnc1Nc1ccc(Oc2ccccc2)cc1. The minimum Gasteiger partial charge on any atom is -0.457 e. The third-order valence-corrected chi connectivity index (χ3v) is 4.35. The summed E-state index contributed by atoms with van der Waals surface area (Å²) in [6.07, 6.45) is 1.43. The molecular weight excluding hydrogens is 381 g/mol. The largest absolute Gasteiger partial charge is 0.457 e. The third kappa shape index (κ3) is 4.82. The van der Waals surface area contributed by atoms with Gasteiger partial charge < -0.3 is 21.1 Å². The van der Waals surface area contributed by atoms with Gasteiger partial charge in [-0.2, -0.15) is 0 Å². The molecule has 4 aromatic rings. The van der Waals surface area contributed by atoms with E-state index >= 15 is 0 Å². The van der Waals surface area contributed by atoms with Crippen LogP contribution in [0.25, 0.3) is 0 Å². The van der Waals surface area contributed by atoms with Crippen LogP contribution >= 0.6 is 0 Å². The van der Waals surface area contributed by atoms with E-state index in [1.54, 1.807) is 12.1 Å². The number of nitrogens with one attached hydrogen (secondary N) is 2. The van der Waals surface area contributed by atoms with Crippen LogP contribution in [0, 0.1) is 5.82 Å². The predicted octanol–water partition coefficient (Wildman–Crippen LogP) is 5.35. The second kappa shape index (κ2) is 8.91. The number of aromatic nitrogens is 2. The van der Waals surface area contributed by atoms with Crippen LogP contribution in [-0.4, -0.2) is 9.97 Å². The lowest BCUT2D eigenvalue weighted by Gasteiger charge is -2.13. The van der Waals surface area contributed by atoms with Crippen LogP contribution in [0.4, 0.5) is 27.4 Å². The van der Waals surface area contributed by atoms with E-state index in [0.717, 1.165) is 22.7 Å². The number of nitrogens with two attached hydrogens (primary N) is 1. The van der Waals surface area contributed by atoms with Gasteiger partial charge in [0.05, 0.1) is 0 Å². The number of hydrogen-bond donors (Lipinski definition) is 3. The van der Waals surface area contributed by atoms with Crippen LogP contribution in [0.2, 0.25) is 0 Å². The molecule has 0 aliphatic heterocycles. The normalized spacial score (nSPS) is 10.4. The van der Waals surface area contributed by atoms with Gasteiger partial charge in [-0.05, 0) is 54.1 Å². The summed E-state index contributed by atoms with van der Waals surface area (Å²) < 4.78 is 18.8. The molecule has 0 fully saturated rings. The van der Waals surface area contributed by atoms with Crippen molar-refractivity contribution in [2.75, 3.05) is 16.4 Å². The number of para-hydroxylation sites is 1. The average molecular weight is 401 g/mol. The number of ether oxygens (including phenoxy) is 1. The maximum absolute atomic E-state index is 13.0. The summed E-state index contributed by atoms with van der Waals surface area (Å²) in [4.78, 5) is 8.42. The van der Waals surface area contributed by atoms with E-state index in [1.165, 1.54) is 18.5 Å². The van der Waals surface area contributed by atoms with E-state index in [4.69, 9.17) is 10.5 Å². The van der Waals surface area contributed by atoms with E-state index in [-0.39, 0.29) is 5.82 Å². The first-order valence-corrected chi connectivity index (χ1v) is 9.36. The van der Waals surface area contributed by atoms with Gasteiger partial charge >= 0.3 is 0 Å². The quantitative estimate of drug-likeness (QED) is 0.387. The second-order valence-electron chi connectivity index (χ2n) is 6.53. The van der Waals surface area contributed by atoms with Crippen LogP contribution in [0.3, 0.4) is 0 Å². The number of halogens is 1. The van der Waals surface area contributed by atoms with Gasteiger partial charge in [0.1, 0.15) is 29.3 Å². The molecule has 0 radical (unpaired) electrons. The molecule has 3 aromatic carbocycles. The van der Waals surface area contributed by atoms with Crippen molar-refractivity contribution in [3.63, 3.8) is 0 Å². The van der Waals surface area contributed by atoms with E-state index in [1.807, 2.05) is 54.6 Å². The molecular formula is C23H20FN5O. The van der Waals surface area contributed by atoms with Gasteiger partial charge in [-0.3, -0.25) is 0 Å². The molecule has 0 aliphatic rings. The molecule has 0 saturated carbocycles. The Balaban J connectivity index is 1.41. The Labute approximate surface area is 173 Å². The Kier molecular flexibility index (Phi) is 5.70. The van der Waals surface area contributed by atoms with Crippen molar-refractivity contribution in [2.24, 2.45) is 0 Å². The molecule has 1 aromatic heterocycles. The molecule has 0 amide bonds. The van der Waals surface area contributed by atoms with Gasteiger partial charge in [0.2, 0.25) is 0 Å². The lowest BCUT2D eigenvalue weighted by Crippen LogP contribution is -2.08. The maximum atomic E-state index is 13.0. The Bertz CT molecular complexity index is 1100. The van der Waals surface area contributed by atoms with Gasteiger partial charge in [-0.15, -0.1) is 0 Å². The van der Waals surface area contributed by atoms with E-state index in [0.29, 0.717) is 23.9 Å². The molecule has 0 unspecified atom stereocenters. The molecule has 0 saturated heterocycles. The second-order valence-corrected chi connectivity index (χ2v) is 6.53. The minimum absolute atomic E-state index is 0.271. The molecule has 6 nitrogen and oxygen atoms in total. The van der Waals surface area contributed by atoms with Gasteiger partial charge in [-0.1, -0.05) is 30.3 Å². The van der Waals surface area contributed by atoms with Crippen LogP contribution in [0.5, 0.6) is 11.5 Å². The summed E-state index contributed by atoms with van der Waals surface area (Å²) in [6, 6.07) is 23.3. The first-order valence-electron chi connectivity index (χ1n) is 9.36. The first-order chi connectivity index (χ1) is 14.7. The highest BCUT2D eigenvalue weighted by atomic mass is 19.1. The van der Waals surface area contributed by atoms with Crippen molar-refractivity contribution in [3.05, 3.63) is 96.6 Å². The van der Waals surface area contributed by atoms with Crippen molar-refractivity contribution >= 4 is 23.0 Å². The zero-order chi connectivity index (χ0) is 20.8. The van der Waals surface area contributed by atoms with E-state index < -0.39 is 0 Å². The Morgan fingerprint density at radius 2 is 1.47 bits per heavy atom. The highest BCUT2D eigenvalue weighted by Gasteiger charge is 2.09. The number of rotatable bonds is 7. The topological polar surface area (TPSA) is 85.1 Å². The summed E-state index contributed by atoms with van der Waals surface area (Å²) in [7, 11) is 0. The van der Waals surface area contributed by atoms with Crippen molar-refractivity contribution < 1.29 is 9.13 Å². The molecule has 0 aliphatic carbocycles. The first kappa shape index (κ1) is 19.2. The van der Waals surface area contributed by atoms with Crippen molar-refractivity contribution in [3.8, 4) is 11.5 Å². The van der Waals surface area contributed by atoms with Crippen molar-refractivity contribution in [1.82, 2.24) is 9.97 Å². The summed E-state index contributed by atoms with van der Waals surface area (Å²) >= 11 is 0. The molecule has 7 heteroatoms. The fourth-order valence-corrected chi connectivity index (χ4v) is 2.79. The molecule has 30 heavy (non-hydrogen) atoms. The van der Waals surface area contributed by atoms with Crippen LogP contribution in [0.15, 0.2) is 85.2 Å². The lowest BCUT2D eigenvalue weighted by atomic mass is 10.2.